The van der Waals surface area contributed by atoms with Crippen LogP contribution >= 0.6 is 0 Å². The number of tetrazole rings is 1. The molecule has 1 aromatic carbocycles. The van der Waals surface area contributed by atoms with E-state index in [1.54, 1.807) is 0 Å². The highest BCUT2D eigenvalue weighted by Gasteiger charge is 2.35. The van der Waals surface area contributed by atoms with Crippen molar-refractivity contribution in [2.45, 2.75) is 6.18 Å². The molecule has 12 heteroatoms. The molecule has 4 N–H and O–H groups in total. The monoisotopic (exact) mass is 365 g/mol. The van der Waals surface area contributed by atoms with Crippen LogP contribution in [-0.4, -0.2) is 57.0 Å². The van der Waals surface area contributed by atoms with E-state index in [1.165, 1.54) is 4.52 Å². The standard InChI is InChI=1S/C14H14F3N9/c15-14(16,17)8-6-10-9(5-7(8)11(18)19)21-12(13-22-23-24-26(10)13)25-3-1-20-2-4-25/h5-6,20H,1-4H2,(H3,18,19). The number of amidine groups is 1. The summed E-state index contributed by atoms with van der Waals surface area (Å²) in [7, 11) is 0. The minimum absolute atomic E-state index is 0.0983. The average molecular weight is 365 g/mol. The number of nitrogens with zero attached hydrogens (tertiary/aromatic N) is 6. The van der Waals surface area contributed by atoms with Gasteiger partial charge in [0.25, 0.3) is 0 Å². The molecule has 26 heavy (non-hydrogen) atoms. The number of hydrogen-bond donors (Lipinski definition) is 3. The lowest BCUT2D eigenvalue weighted by Gasteiger charge is -2.28. The van der Waals surface area contributed by atoms with Gasteiger partial charge in [-0.2, -0.15) is 17.7 Å². The van der Waals surface area contributed by atoms with Crippen LogP contribution in [0.5, 0.6) is 0 Å². The van der Waals surface area contributed by atoms with Gasteiger partial charge in [0.1, 0.15) is 5.84 Å². The van der Waals surface area contributed by atoms with Crippen LogP contribution in [0.3, 0.4) is 0 Å². The number of nitrogen functional groups attached to an aromatic ring is 1. The predicted octanol–water partition coefficient (Wildman–Crippen LogP) is 0.385. The summed E-state index contributed by atoms with van der Waals surface area (Å²) in [4.78, 5) is 6.45. The fourth-order valence-corrected chi connectivity index (χ4v) is 3.04. The summed E-state index contributed by atoms with van der Waals surface area (Å²) in [5.41, 5.74) is 4.53. The second-order valence-electron chi connectivity index (χ2n) is 5.88. The molecule has 1 fully saturated rings. The molecule has 1 aliphatic heterocycles. The normalized spacial score (nSPS) is 15.7. The van der Waals surface area contributed by atoms with Crippen LogP contribution in [0.15, 0.2) is 12.1 Å². The summed E-state index contributed by atoms with van der Waals surface area (Å²) in [5, 5.41) is 22.0. The lowest BCUT2D eigenvalue weighted by atomic mass is 10.0. The first-order chi connectivity index (χ1) is 12.4. The van der Waals surface area contributed by atoms with Crippen LogP contribution in [0.2, 0.25) is 0 Å². The number of rotatable bonds is 2. The van der Waals surface area contributed by atoms with Gasteiger partial charge in [0, 0.05) is 31.7 Å². The van der Waals surface area contributed by atoms with Gasteiger partial charge in [0.05, 0.1) is 16.6 Å². The van der Waals surface area contributed by atoms with E-state index in [1.807, 2.05) is 4.90 Å². The molecule has 3 heterocycles. The number of piperazine rings is 1. The summed E-state index contributed by atoms with van der Waals surface area (Å²) < 4.78 is 41.4. The Bertz CT molecular complexity index is 1000. The van der Waals surface area contributed by atoms with E-state index in [0.29, 0.717) is 18.9 Å². The number of hydrogen-bond acceptors (Lipinski definition) is 7. The molecule has 2 aromatic heterocycles. The fraction of sp³-hybridized carbons (Fsp3) is 0.357. The van der Waals surface area contributed by atoms with Gasteiger partial charge in [0.2, 0.25) is 5.65 Å². The zero-order chi connectivity index (χ0) is 18.5. The molecule has 0 saturated carbocycles. The minimum Gasteiger partial charge on any atom is -0.384 e. The number of nitrogens with one attached hydrogen (secondary N) is 2. The Labute approximate surface area is 144 Å². The Hall–Kier alpha value is -3.02. The maximum absolute atomic E-state index is 13.4. The molecule has 0 atom stereocenters. The second kappa shape index (κ2) is 5.76. The minimum atomic E-state index is -4.67. The fourth-order valence-electron chi connectivity index (χ4n) is 3.04. The summed E-state index contributed by atoms with van der Waals surface area (Å²) in [5.74, 6) is -0.195. The molecule has 0 bridgehead atoms. The Balaban J connectivity index is 2.02. The van der Waals surface area contributed by atoms with Crippen LogP contribution in [-0.2, 0) is 6.18 Å². The molecule has 0 radical (unpaired) electrons. The van der Waals surface area contributed by atoms with Crippen molar-refractivity contribution in [2.75, 3.05) is 31.1 Å². The van der Waals surface area contributed by atoms with Gasteiger partial charge in [-0.05, 0) is 22.6 Å². The first-order valence-corrected chi connectivity index (χ1v) is 7.79. The van der Waals surface area contributed by atoms with E-state index < -0.39 is 23.1 Å². The van der Waals surface area contributed by atoms with E-state index in [4.69, 9.17) is 11.1 Å². The van der Waals surface area contributed by atoms with Crippen molar-refractivity contribution in [3.05, 3.63) is 23.3 Å². The van der Waals surface area contributed by atoms with E-state index >= 15 is 0 Å². The van der Waals surface area contributed by atoms with Crippen molar-refractivity contribution in [1.29, 1.82) is 5.41 Å². The quantitative estimate of drug-likeness (QED) is 0.443. The highest BCUT2D eigenvalue weighted by Crippen LogP contribution is 2.35. The summed E-state index contributed by atoms with van der Waals surface area (Å²) in [6.45, 7) is 2.83. The smallest absolute Gasteiger partial charge is 0.384 e. The molecular weight excluding hydrogens is 351 g/mol. The predicted molar refractivity (Wildman–Crippen MR) is 87.2 cm³/mol. The molecule has 1 aliphatic rings. The number of nitrogens with two attached hydrogens (primary N) is 1. The number of halogens is 3. The molecule has 0 spiro atoms. The van der Waals surface area contributed by atoms with Crippen molar-refractivity contribution in [2.24, 2.45) is 5.73 Å². The summed E-state index contributed by atoms with van der Waals surface area (Å²) in [6, 6.07) is 2.04. The average Bonchev–Trinajstić information content (AvgIpc) is 3.09. The highest BCUT2D eigenvalue weighted by atomic mass is 19.4. The van der Waals surface area contributed by atoms with Crippen molar-refractivity contribution in [3.8, 4) is 0 Å². The lowest BCUT2D eigenvalue weighted by molar-refractivity contribution is -0.137. The van der Waals surface area contributed by atoms with Crippen LogP contribution in [0.1, 0.15) is 11.1 Å². The highest BCUT2D eigenvalue weighted by molar-refractivity contribution is 6.00. The Morgan fingerprint density at radius 1 is 1.23 bits per heavy atom. The number of aromatic nitrogens is 5. The largest absolute Gasteiger partial charge is 0.417 e. The molecule has 0 unspecified atom stereocenters. The number of fused-ring (bicyclic) bond motifs is 3. The molecule has 0 amide bonds. The van der Waals surface area contributed by atoms with Crippen LogP contribution in [0, 0.1) is 5.41 Å². The third kappa shape index (κ3) is 2.58. The molecule has 136 valence electrons. The molecule has 0 aliphatic carbocycles. The molecule has 1 saturated heterocycles. The zero-order valence-corrected chi connectivity index (χ0v) is 13.4. The number of benzene rings is 1. The summed E-state index contributed by atoms with van der Waals surface area (Å²) in [6.07, 6.45) is -4.67. The maximum atomic E-state index is 13.4. The molecule has 9 nitrogen and oxygen atoms in total. The zero-order valence-electron chi connectivity index (χ0n) is 13.4. The van der Waals surface area contributed by atoms with Gasteiger partial charge in [-0.25, -0.2) is 4.98 Å². The summed E-state index contributed by atoms with van der Waals surface area (Å²) >= 11 is 0. The van der Waals surface area contributed by atoms with Crippen LogP contribution in [0.25, 0.3) is 16.7 Å². The lowest BCUT2D eigenvalue weighted by Crippen LogP contribution is -2.44. The van der Waals surface area contributed by atoms with E-state index in [-0.39, 0.29) is 16.7 Å². The van der Waals surface area contributed by atoms with Crippen molar-refractivity contribution in [1.82, 2.24) is 30.3 Å². The Morgan fingerprint density at radius 3 is 2.62 bits per heavy atom. The molecule has 4 rings (SSSR count). The molecular formula is C14H14F3N9. The van der Waals surface area contributed by atoms with E-state index in [0.717, 1.165) is 25.2 Å². The second-order valence-corrected chi connectivity index (χ2v) is 5.88. The first-order valence-electron chi connectivity index (χ1n) is 7.79. The van der Waals surface area contributed by atoms with Gasteiger partial charge in [0.15, 0.2) is 5.82 Å². The SMILES string of the molecule is N=C(N)c1cc2nc(N3CCNCC3)c3nnnn3c2cc1C(F)(F)F. The van der Waals surface area contributed by atoms with E-state index in [9.17, 15) is 13.2 Å². The number of alkyl halides is 3. The topological polar surface area (TPSA) is 121 Å². The van der Waals surface area contributed by atoms with Gasteiger partial charge >= 0.3 is 6.18 Å². The van der Waals surface area contributed by atoms with Crippen LogP contribution in [0.4, 0.5) is 19.0 Å². The van der Waals surface area contributed by atoms with Gasteiger partial charge in [-0.15, -0.1) is 5.10 Å². The van der Waals surface area contributed by atoms with Gasteiger partial charge < -0.3 is 16.0 Å². The third-order valence-electron chi connectivity index (χ3n) is 4.25. The van der Waals surface area contributed by atoms with Crippen molar-refractivity contribution < 1.29 is 13.2 Å². The van der Waals surface area contributed by atoms with E-state index in [2.05, 4.69) is 25.8 Å². The Morgan fingerprint density at radius 2 is 1.96 bits per heavy atom. The van der Waals surface area contributed by atoms with Crippen LogP contribution < -0.4 is 16.0 Å². The van der Waals surface area contributed by atoms with Crippen molar-refractivity contribution in [3.63, 3.8) is 0 Å². The van der Waals surface area contributed by atoms with Gasteiger partial charge in [-0.1, -0.05) is 0 Å². The number of anilines is 1. The first kappa shape index (κ1) is 16.4. The van der Waals surface area contributed by atoms with Gasteiger partial charge in [-0.3, -0.25) is 5.41 Å². The molecule has 3 aromatic rings. The maximum Gasteiger partial charge on any atom is 0.417 e. The third-order valence-corrected chi connectivity index (χ3v) is 4.25. The Kier molecular flexibility index (Phi) is 3.64. The van der Waals surface area contributed by atoms with Crippen molar-refractivity contribution >= 4 is 28.3 Å².